The van der Waals surface area contributed by atoms with Crippen LogP contribution in [0.25, 0.3) is 0 Å². The highest BCUT2D eigenvalue weighted by atomic mass is 16.5. The van der Waals surface area contributed by atoms with Crippen molar-refractivity contribution < 1.29 is 9.15 Å². The molecule has 0 saturated heterocycles. The van der Waals surface area contributed by atoms with Crippen LogP contribution in [-0.4, -0.2) is 19.8 Å². The van der Waals surface area contributed by atoms with E-state index in [1.807, 2.05) is 12.1 Å². The summed E-state index contributed by atoms with van der Waals surface area (Å²) in [6, 6.07) is 4.44. The molecule has 1 N–H and O–H groups in total. The van der Waals surface area contributed by atoms with Crippen LogP contribution in [-0.2, 0) is 4.74 Å². The van der Waals surface area contributed by atoms with E-state index < -0.39 is 0 Å². The molecular weight excluding hydrogens is 166 g/mol. The number of hydrogen-bond donors (Lipinski definition) is 1. The molecule has 0 saturated carbocycles. The molecule has 0 aliphatic heterocycles. The molecule has 1 rings (SSSR count). The van der Waals surface area contributed by atoms with E-state index in [0.717, 1.165) is 5.76 Å². The molecule has 0 bridgehead atoms. The van der Waals surface area contributed by atoms with Crippen LogP contribution in [0.3, 0.4) is 0 Å². The summed E-state index contributed by atoms with van der Waals surface area (Å²) in [5, 5.41) is 3.36. The predicted octanol–water partition coefficient (Wildman–Crippen LogP) is 1.97. The molecule has 1 heterocycles. The van der Waals surface area contributed by atoms with Crippen molar-refractivity contribution in [1.82, 2.24) is 5.32 Å². The smallest absolute Gasteiger partial charge is 0.120 e. The Kier molecular flexibility index (Phi) is 3.99. The first-order chi connectivity index (χ1) is 6.24. The molecule has 13 heavy (non-hydrogen) atoms. The Labute approximate surface area is 79.1 Å². The molecule has 0 spiro atoms. The summed E-state index contributed by atoms with van der Waals surface area (Å²) in [7, 11) is 1.70. The lowest BCUT2D eigenvalue weighted by Gasteiger charge is -2.17. The Hall–Kier alpha value is -0.800. The lowest BCUT2D eigenvalue weighted by atomic mass is 10.2. The van der Waals surface area contributed by atoms with E-state index >= 15 is 0 Å². The van der Waals surface area contributed by atoms with Crippen molar-refractivity contribution in [2.75, 3.05) is 13.7 Å². The van der Waals surface area contributed by atoms with Crippen molar-refractivity contribution in [1.29, 1.82) is 0 Å². The van der Waals surface area contributed by atoms with Crippen LogP contribution in [0.4, 0.5) is 0 Å². The molecule has 0 aliphatic carbocycles. The van der Waals surface area contributed by atoms with Crippen molar-refractivity contribution >= 4 is 0 Å². The third kappa shape index (κ3) is 3.20. The maximum atomic E-state index is 5.27. The Morgan fingerprint density at radius 1 is 1.54 bits per heavy atom. The summed E-state index contributed by atoms with van der Waals surface area (Å²) in [6.45, 7) is 4.87. The van der Waals surface area contributed by atoms with E-state index in [-0.39, 0.29) is 6.04 Å². The molecule has 0 radical (unpaired) electrons. The van der Waals surface area contributed by atoms with Gasteiger partial charge in [0.15, 0.2) is 0 Å². The van der Waals surface area contributed by atoms with E-state index in [2.05, 4.69) is 19.2 Å². The minimum atomic E-state index is 0.236. The second-order valence-corrected chi connectivity index (χ2v) is 3.26. The normalized spacial score (nSPS) is 15.6. The van der Waals surface area contributed by atoms with E-state index in [9.17, 15) is 0 Å². The van der Waals surface area contributed by atoms with Gasteiger partial charge in [0.1, 0.15) is 5.76 Å². The molecule has 0 aliphatic rings. The number of nitrogens with one attached hydrogen (secondary N) is 1. The van der Waals surface area contributed by atoms with Gasteiger partial charge in [-0.2, -0.15) is 0 Å². The Bertz CT molecular complexity index is 221. The van der Waals surface area contributed by atoms with E-state index in [1.165, 1.54) is 0 Å². The average Bonchev–Trinajstić information content (AvgIpc) is 2.55. The van der Waals surface area contributed by atoms with Crippen molar-refractivity contribution in [3.63, 3.8) is 0 Å². The second kappa shape index (κ2) is 5.04. The van der Waals surface area contributed by atoms with E-state index in [0.29, 0.717) is 12.6 Å². The third-order valence-electron chi connectivity index (χ3n) is 1.92. The Morgan fingerprint density at radius 2 is 2.31 bits per heavy atom. The topological polar surface area (TPSA) is 34.4 Å². The first kappa shape index (κ1) is 10.3. The molecular formula is C10H17NO2. The van der Waals surface area contributed by atoms with Gasteiger partial charge in [-0.05, 0) is 26.0 Å². The average molecular weight is 183 g/mol. The van der Waals surface area contributed by atoms with Crippen LogP contribution >= 0.6 is 0 Å². The molecule has 3 nitrogen and oxygen atoms in total. The molecule has 3 heteroatoms. The zero-order valence-electron chi connectivity index (χ0n) is 8.41. The first-order valence-electron chi connectivity index (χ1n) is 4.52. The fourth-order valence-corrected chi connectivity index (χ4v) is 1.34. The van der Waals surface area contributed by atoms with Gasteiger partial charge in [0.05, 0.1) is 18.9 Å². The number of furan rings is 1. The van der Waals surface area contributed by atoms with Gasteiger partial charge < -0.3 is 14.5 Å². The van der Waals surface area contributed by atoms with Crippen LogP contribution < -0.4 is 5.32 Å². The van der Waals surface area contributed by atoms with Crippen LogP contribution in [0.5, 0.6) is 0 Å². The van der Waals surface area contributed by atoms with E-state index in [4.69, 9.17) is 9.15 Å². The van der Waals surface area contributed by atoms with Crippen LogP contribution in [0.1, 0.15) is 25.6 Å². The minimum Gasteiger partial charge on any atom is -0.468 e. The van der Waals surface area contributed by atoms with Crippen molar-refractivity contribution in [3.05, 3.63) is 24.2 Å². The minimum absolute atomic E-state index is 0.236. The summed E-state index contributed by atoms with van der Waals surface area (Å²) < 4.78 is 10.3. The molecule has 74 valence electrons. The van der Waals surface area contributed by atoms with Crippen LogP contribution in [0.15, 0.2) is 22.8 Å². The van der Waals surface area contributed by atoms with Gasteiger partial charge in [0.25, 0.3) is 0 Å². The summed E-state index contributed by atoms with van der Waals surface area (Å²) in [5.74, 6) is 0.961. The van der Waals surface area contributed by atoms with Gasteiger partial charge in [-0.3, -0.25) is 0 Å². The molecule has 0 amide bonds. The van der Waals surface area contributed by atoms with Gasteiger partial charge in [-0.25, -0.2) is 0 Å². The van der Waals surface area contributed by atoms with Crippen LogP contribution in [0, 0.1) is 0 Å². The number of rotatable bonds is 5. The fourth-order valence-electron chi connectivity index (χ4n) is 1.34. The molecule has 0 aromatic carbocycles. The van der Waals surface area contributed by atoms with E-state index in [1.54, 1.807) is 13.4 Å². The third-order valence-corrected chi connectivity index (χ3v) is 1.92. The van der Waals surface area contributed by atoms with Gasteiger partial charge in [-0.15, -0.1) is 0 Å². The molecule has 1 aromatic rings. The summed E-state index contributed by atoms with van der Waals surface area (Å²) in [5.41, 5.74) is 0. The second-order valence-electron chi connectivity index (χ2n) is 3.26. The fraction of sp³-hybridized carbons (Fsp3) is 0.600. The maximum absolute atomic E-state index is 5.27. The van der Waals surface area contributed by atoms with Crippen molar-refractivity contribution in [3.8, 4) is 0 Å². The van der Waals surface area contributed by atoms with Crippen molar-refractivity contribution in [2.45, 2.75) is 25.9 Å². The molecule has 2 atom stereocenters. The summed E-state index contributed by atoms with van der Waals surface area (Å²) in [4.78, 5) is 0. The zero-order chi connectivity index (χ0) is 9.68. The number of methoxy groups -OCH3 is 1. The summed E-state index contributed by atoms with van der Waals surface area (Å²) in [6.07, 6.45) is 1.69. The van der Waals surface area contributed by atoms with Crippen molar-refractivity contribution in [2.24, 2.45) is 0 Å². The predicted molar refractivity (Wildman–Crippen MR) is 51.6 cm³/mol. The highest BCUT2D eigenvalue weighted by Crippen LogP contribution is 2.12. The van der Waals surface area contributed by atoms with Gasteiger partial charge >= 0.3 is 0 Å². The van der Waals surface area contributed by atoms with Gasteiger partial charge in [0.2, 0.25) is 0 Å². The number of ether oxygens (including phenoxy) is 1. The standard InChI is InChI=1S/C10H17NO2/c1-8(7-12-3)11-9(2)10-5-4-6-13-10/h4-6,8-9,11H,7H2,1-3H3. The number of hydrogen-bond acceptors (Lipinski definition) is 3. The molecule has 0 fully saturated rings. The molecule has 2 unspecified atom stereocenters. The molecule has 1 aromatic heterocycles. The van der Waals surface area contributed by atoms with Gasteiger partial charge in [0, 0.05) is 13.2 Å². The highest BCUT2D eigenvalue weighted by molar-refractivity contribution is 5.03. The highest BCUT2D eigenvalue weighted by Gasteiger charge is 2.10. The quantitative estimate of drug-likeness (QED) is 0.757. The first-order valence-corrected chi connectivity index (χ1v) is 4.52. The zero-order valence-corrected chi connectivity index (χ0v) is 8.41. The van der Waals surface area contributed by atoms with Gasteiger partial charge in [-0.1, -0.05) is 0 Å². The Balaban J connectivity index is 2.37. The monoisotopic (exact) mass is 183 g/mol. The maximum Gasteiger partial charge on any atom is 0.120 e. The largest absolute Gasteiger partial charge is 0.468 e. The lowest BCUT2D eigenvalue weighted by molar-refractivity contribution is 0.166. The SMILES string of the molecule is COCC(C)NC(C)c1ccco1. The van der Waals surface area contributed by atoms with Crippen LogP contribution in [0.2, 0.25) is 0 Å². The Morgan fingerprint density at radius 3 is 2.85 bits per heavy atom. The lowest BCUT2D eigenvalue weighted by Crippen LogP contribution is -2.32. The summed E-state index contributed by atoms with van der Waals surface area (Å²) >= 11 is 0.